The van der Waals surface area contributed by atoms with Crippen LogP contribution in [0.5, 0.6) is 0 Å². The number of carbonyl (C=O) groups excluding carboxylic acids is 1. The third-order valence-electron chi connectivity index (χ3n) is 4.54. The molecule has 0 aromatic carbocycles. The molecule has 116 valence electrons. The number of hydrogen-bond acceptors (Lipinski definition) is 2. The van der Waals surface area contributed by atoms with Crippen molar-refractivity contribution >= 4 is 12.0 Å². The van der Waals surface area contributed by atoms with Crippen LogP contribution in [-0.2, 0) is 4.79 Å². The van der Waals surface area contributed by atoms with E-state index in [1.54, 1.807) is 18.9 Å². The molecule has 0 spiro atoms. The van der Waals surface area contributed by atoms with Crippen LogP contribution in [0.25, 0.3) is 0 Å². The molecule has 0 aromatic rings. The van der Waals surface area contributed by atoms with Crippen LogP contribution >= 0.6 is 0 Å². The number of rotatable bonds is 5. The van der Waals surface area contributed by atoms with Crippen molar-refractivity contribution in [2.45, 2.75) is 52.0 Å². The van der Waals surface area contributed by atoms with Crippen molar-refractivity contribution in [3.8, 4) is 0 Å². The first-order valence-electron chi connectivity index (χ1n) is 7.57. The molecule has 0 bridgehead atoms. The molecule has 0 aromatic heterocycles. The molecular formula is C15H28N2O3. The summed E-state index contributed by atoms with van der Waals surface area (Å²) < 4.78 is 0. The molecule has 1 fully saturated rings. The highest BCUT2D eigenvalue weighted by Crippen LogP contribution is 2.29. The Morgan fingerprint density at radius 2 is 1.75 bits per heavy atom. The number of aliphatic carboxylic acids is 1. The normalized spacial score (nSPS) is 24.0. The monoisotopic (exact) mass is 284 g/mol. The van der Waals surface area contributed by atoms with Gasteiger partial charge < -0.3 is 14.9 Å². The second-order valence-corrected chi connectivity index (χ2v) is 6.10. The van der Waals surface area contributed by atoms with Crippen LogP contribution in [0.4, 0.5) is 4.79 Å². The Morgan fingerprint density at radius 1 is 1.20 bits per heavy atom. The van der Waals surface area contributed by atoms with E-state index in [-0.39, 0.29) is 12.6 Å². The Hall–Kier alpha value is -1.26. The standard InChI is InChI=1S/C15H28N2O3/c1-5-12-6-8-13(9-7-12)17(4)15(20)16(3)10-11(2)14(18)19/h11-13H,5-10H2,1-4H3,(H,18,19). The van der Waals surface area contributed by atoms with Crippen LogP contribution in [-0.4, -0.2) is 53.6 Å². The molecule has 0 radical (unpaired) electrons. The van der Waals surface area contributed by atoms with E-state index < -0.39 is 11.9 Å². The summed E-state index contributed by atoms with van der Waals surface area (Å²) in [6.45, 7) is 4.10. The van der Waals surface area contributed by atoms with Gasteiger partial charge in [-0.05, 0) is 31.6 Å². The van der Waals surface area contributed by atoms with Gasteiger partial charge in [-0.1, -0.05) is 20.3 Å². The molecule has 20 heavy (non-hydrogen) atoms. The van der Waals surface area contributed by atoms with Crippen LogP contribution in [0.2, 0.25) is 0 Å². The van der Waals surface area contributed by atoms with Crippen molar-refractivity contribution < 1.29 is 14.7 Å². The summed E-state index contributed by atoms with van der Waals surface area (Å²) in [7, 11) is 3.51. The fourth-order valence-corrected chi connectivity index (χ4v) is 2.93. The molecule has 1 N–H and O–H groups in total. The highest BCUT2D eigenvalue weighted by molar-refractivity contribution is 5.76. The third-order valence-corrected chi connectivity index (χ3v) is 4.54. The Balaban J connectivity index is 2.48. The van der Waals surface area contributed by atoms with Gasteiger partial charge in [0, 0.05) is 26.7 Å². The van der Waals surface area contributed by atoms with Gasteiger partial charge in [-0.15, -0.1) is 0 Å². The molecule has 1 aliphatic carbocycles. The highest BCUT2D eigenvalue weighted by atomic mass is 16.4. The maximum Gasteiger partial charge on any atom is 0.319 e. The largest absolute Gasteiger partial charge is 0.481 e. The van der Waals surface area contributed by atoms with Crippen molar-refractivity contribution in [3.63, 3.8) is 0 Å². The molecule has 5 heteroatoms. The van der Waals surface area contributed by atoms with E-state index in [0.717, 1.165) is 18.8 Å². The maximum absolute atomic E-state index is 12.3. The van der Waals surface area contributed by atoms with E-state index in [1.165, 1.54) is 24.2 Å². The predicted molar refractivity (Wildman–Crippen MR) is 78.6 cm³/mol. The molecule has 1 atom stereocenters. The number of hydrogen-bond donors (Lipinski definition) is 1. The van der Waals surface area contributed by atoms with Crippen molar-refractivity contribution in [3.05, 3.63) is 0 Å². The van der Waals surface area contributed by atoms with Crippen LogP contribution in [0.3, 0.4) is 0 Å². The number of carboxylic acids is 1. The van der Waals surface area contributed by atoms with Crippen LogP contribution in [0.15, 0.2) is 0 Å². The molecule has 2 amide bonds. The zero-order valence-corrected chi connectivity index (χ0v) is 13.1. The first-order chi connectivity index (χ1) is 9.36. The maximum atomic E-state index is 12.3. The summed E-state index contributed by atoms with van der Waals surface area (Å²) in [6, 6.07) is 0.228. The minimum absolute atomic E-state index is 0.0713. The van der Waals surface area contributed by atoms with E-state index >= 15 is 0 Å². The lowest BCUT2D eigenvalue weighted by Crippen LogP contribution is -2.47. The van der Waals surface area contributed by atoms with E-state index in [9.17, 15) is 9.59 Å². The van der Waals surface area contributed by atoms with Crippen molar-refractivity contribution in [2.75, 3.05) is 20.6 Å². The van der Waals surface area contributed by atoms with E-state index in [1.807, 2.05) is 7.05 Å². The zero-order valence-electron chi connectivity index (χ0n) is 13.1. The van der Waals surface area contributed by atoms with Gasteiger partial charge in [-0.25, -0.2) is 4.79 Å². The van der Waals surface area contributed by atoms with Gasteiger partial charge in [-0.2, -0.15) is 0 Å². The summed E-state index contributed by atoms with van der Waals surface area (Å²) in [5.41, 5.74) is 0. The molecule has 1 unspecified atom stereocenters. The first kappa shape index (κ1) is 16.8. The molecule has 0 heterocycles. The molecule has 0 aliphatic heterocycles. The fourth-order valence-electron chi connectivity index (χ4n) is 2.93. The van der Waals surface area contributed by atoms with Gasteiger partial charge in [-0.3, -0.25) is 4.79 Å². The van der Waals surface area contributed by atoms with Gasteiger partial charge in [0.2, 0.25) is 0 Å². The lowest BCUT2D eigenvalue weighted by atomic mass is 9.84. The topological polar surface area (TPSA) is 60.9 Å². The van der Waals surface area contributed by atoms with Crippen molar-refractivity contribution in [1.29, 1.82) is 0 Å². The highest BCUT2D eigenvalue weighted by Gasteiger charge is 2.28. The molecule has 1 rings (SSSR count). The van der Waals surface area contributed by atoms with E-state index in [0.29, 0.717) is 6.04 Å². The minimum Gasteiger partial charge on any atom is -0.481 e. The summed E-state index contributed by atoms with van der Waals surface area (Å²) in [4.78, 5) is 26.5. The summed E-state index contributed by atoms with van der Waals surface area (Å²) in [5, 5.41) is 8.90. The summed E-state index contributed by atoms with van der Waals surface area (Å²) in [6.07, 6.45) is 5.72. The second-order valence-electron chi connectivity index (χ2n) is 6.10. The van der Waals surface area contributed by atoms with Crippen molar-refractivity contribution in [1.82, 2.24) is 9.80 Å². The lowest BCUT2D eigenvalue weighted by Gasteiger charge is -2.36. The Bertz CT molecular complexity index is 338. The van der Waals surface area contributed by atoms with Crippen LogP contribution < -0.4 is 0 Å². The first-order valence-corrected chi connectivity index (χ1v) is 7.57. The number of nitrogens with zero attached hydrogens (tertiary/aromatic N) is 2. The van der Waals surface area contributed by atoms with Gasteiger partial charge in [0.15, 0.2) is 0 Å². The molecule has 0 saturated heterocycles. The second kappa shape index (κ2) is 7.50. The van der Waals surface area contributed by atoms with Gasteiger partial charge in [0.25, 0.3) is 0 Å². The molecule has 1 saturated carbocycles. The molecular weight excluding hydrogens is 256 g/mol. The Labute approximate surface area is 121 Å². The number of carboxylic acid groups (broad SMARTS) is 1. The quantitative estimate of drug-likeness (QED) is 0.844. The van der Waals surface area contributed by atoms with E-state index in [4.69, 9.17) is 5.11 Å². The number of urea groups is 1. The third kappa shape index (κ3) is 4.39. The van der Waals surface area contributed by atoms with Gasteiger partial charge in [0.1, 0.15) is 0 Å². The van der Waals surface area contributed by atoms with Crippen LogP contribution in [0, 0.1) is 11.8 Å². The summed E-state index contributed by atoms with van der Waals surface area (Å²) >= 11 is 0. The summed E-state index contributed by atoms with van der Waals surface area (Å²) in [5.74, 6) is -0.594. The molecule has 5 nitrogen and oxygen atoms in total. The van der Waals surface area contributed by atoms with Crippen LogP contribution in [0.1, 0.15) is 46.0 Å². The average molecular weight is 284 g/mol. The average Bonchev–Trinajstić information content (AvgIpc) is 2.45. The molecule has 1 aliphatic rings. The smallest absolute Gasteiger partial charge is 0.319 e. The minimum atomic E-state index is -0.865. The van der Waals surface area contributed by atoms with Gasteiger partial charge in [0.05, 0.1) is 5.92 Å². The van der Waals surface area contributed by atoms with E-state index in [2.05, 4.69) is 6.92 Å². The Kier molecular flexibility index (Phi) is 6.30. The SMILES string of the molecule is CCC1CCC(N(C)C(=O)N(C)CC(C)C(=O)O)CC1. The number of amides is 2. The predicted octanol–water partition coefficient (Wildman–Crippen LogP) is 2.66. The number of carbonyl (C=O) groups is 2. The van der Waals surface area contributed by atoms with Gasteiger partial charge >= 0.3 is 12.0 Å². The fraction of sp³-hybridized carbons (Fsp3) is 0.867. The lowest BCUT2D eigenvalue weighted by molar-refractivity contribution is -0.141. The van der Waals surface area contributed by atoms with Crippen molar-refractivity contribution in [2.24, 2.45) is 11.8 Å². The Morgan fingerprint density at radius 3 is 2.20 bits per heavy atom. The zero-order chi connectivity index (χ0) is 15.3.